The number of carbonyl (C=O) groups is 1. The molecule has 124 valence electrons. The van der Waals surface area contributed by atoms with Crippen molar-refractivity contribution in [3.8, 4) is 0 Å². The van der Waals surface area contributed by atoms with Crippen LogP contribution in [0, 0.1) is 0 Å². The van der Waals surface area contributed by atoms with Gasteiger partial charge in [-0.2, -0.15) is 0 Å². The lowest BCUT2D eigenvalue weighted by Crippen LogP contribution is -2.42. The van der Waals surface area contributed by atoms with Gasteiger partial charge in [0.25, 0.3) is 0 Å². The van der Waals surface area contributed by atoms with Gasteiger partial charge in [0, 0.05) is 50.9 Å². The van der Waals surface area contributed by atoms with Gasteiger partial charge in [0.05, 0.1) is 5.69 Å². The minimum absolute atomic E-state index is 0.220. The predicted octanol–water partition coefficient (Wildman–Crippen LogP) is 1.32. The van der Waals surface area contributed by atoms with E-state index in [-0.39, 0.29) is 5.91 Å². The molecule has 6 heteroatoms. The summed E-state index contributed by atoms with van der Waals surface area (Å²) in [6, 6.07) is 2.82. The number of rotatable bonds is 3. The molecule has 0 spiro atoms. The van der Waals surface area contributed by atoms with Crippen LogP contribution in [-0.2, 0) is 11.3 Å². The van der Waals surface area contributed by atoms with Crippen LogP contribution in [0.15, 0.2) is 12.3 Å². The van der Waals surface area contributed by atoms with Crippen molar-refractivity contribution in [2.45, 2.75) is 57.2 Å². The van der Waals surface area contributed by atoms with Crippen molar-refractivity contribution in [3.63, 3.8) is 0 Å². The van der Waals surface area contributed by atoms with Gasteiger partial charge in [0.1, 0.15) is 0 Å². The molecule has 1 amide bonds. The van der Waals surface area contributed by atoms with E-state index in [0.29, 0.717) is 18.5 Å². The van der Waals surface area contributed by atoms with Crippen LogP contribution in [0.3, 0.4) is 0 Å². The van der Waals surface area contributed by atoms with Crippen LogP contribution in [0.5, 0.6) is 0 Å². The molecule has 3 saturated heterocycles. The summed E-state index contributed by atoms with van der Waals surface area (Å²) >= 11 is 0. The van der Waals surface area contributed by atoms with Crippen LogP contribution < -0.4 is 10.2 Å². The Morgan fingerprint density at radius 3 is 2.91 bits per heavy atom. The first-order valence-electron chi connectivity index (χ1n) is 8.90. The molecule has 3 fully saturated rings. The average molecular weight is 315 g/mol. The Morgan fingerprint density at radius 1 is 1.17 bits per heavy atom. The summed E-state index contributed by atoms with van der Waals surface area (Å²) in [5.41, 5.74) is 1.10. The highest BCUT2D eigenvalue weighted by Gasteiger charge is 2.36. The van der Waals surface area contributed by atoms with Crippen molar-refractivity contribution in [1.29, 1.82) is 0 Å². The number of nitrogens with one attached hydrogen (secondary N) is 1. The number of likely N-dealkylation sites (tertiary alicyclic amines) is 1. The van der Waals surface area contributed by atoms with Crippen molar-refractivity contribution in [2.24, 2.45) is 0 Å². The number of hydrogen-bond acceptors (Lipinski definition) is 5. The van der Waals surface area contributed by atoms with E-state index in [9.17, 15) is 4.79 Å². The summed E-state index contributed by atoms with van der Waals surface area (Å²) < 4.78 is 0. The molecular weight excluding hydrogens is 290 g/mol. The first-order valence-corrected chi connectivity index (χ1v) is 8.90. The topological polar surface area (TPSA) is 61.4 Å². The first kappa shape index (κ1) is 14.9. The van der Waals surface area contributed by atoms with Gasteiger partial charge in [-0.15, -0.1) is 0 Å². The summed E-state index contributed by atoms with van der Waals surface area (Å²) in [5, 5.41) is 3.19. The molecule has 1 aromatic rings. The number of amides is 1. The fourth-order valence-corrected chi connectivity index (χ4v) is 4.17. The van der Waals surface area contributed by atoms with E-state index in [1.807, 2.05) is 12.3 Å². The first-order chi connectivity index (χ1) is 11.3. The largest absolute Gasteiger partial charge is 0.352 e. The molecule has 0 unspecified atom stereocenters. The Morgan fingerprint density at radius 2 is 2.04 bits per heavy atom. The number of aromatic nitrogens is 2. The second-order valence-electron chi connectivity index (χ2n) is 6.93. The molecule has 0 radical (unpaired) electrons. The van der Waals surface area contributed by atoms with E-state index in [1.165, 1.54) is 12.8 Å². The number of carbonyl (C=O) groups excluding carboxylic acids is 1. The Bertz CT molecular complexity index is 572. The molecule has 0 aliphatic carbocycles. The van der Waals surface area contributed by atoms with Crippen molar-refractivity contribution in [2.75, 3.05) is 24.5 Å². The van der Waals surface area contributed by atoms with E-state index in [0.717, 1.165) is 57.1 Å². The Balaban J connectivity index is 1.45. The number of anilines is 1. The SMILES string of the molecule is O=C1CCC[C@@H]2[C@@H](CCN2Cc2ccnc(N3CCCC3)n2)N1. The third-order valence-electron chi connectivity index (χ3n) is 5.37. The summed E-state index contributed by atoms with van der Waals surface area (Å²) in [6.45, 7) is 4.05. The highest BCUT2D eigenvalue weighted by Crippen LogP contribution is 2.27. The maximum Gasteiger partial charge on any atom is 0.225 e. The second kappa shape index (κ2) is 6.43. The molecule has 23 heavy (non-hydrogen) atoms. The van der Waals surface area contributed by atoms with Gasteiger partial charge >= 0.3 is 0 Å². The highest BCUT2D eigenvalue weighted by molar-refractivity contribution is 5.76. The summed E-state index contributed by atoms with van der Waals surface area (Å²) in [6.07, 6.45) is 8.19. The molecule has 4 rings (SSSR count). The fraction of sp³-hybridized carbons (Fsp3) is 0.706. The third kappa shape index (κ3) is 3.17. The lowest BCUT2D eigenvalue weighted by Gasteiger charge is -2.26. The van der Waals surface area contributed by atoms with Gasteiger partial charge < -0.3 is 10.2 Å². The van der Waals surface area contributed by atoms with E-state index in [2.05, 4.69) is 20.1 Å². The summed E-state index contributed by atoms with van der Waals surface area (Å²) in [7, 11) is 0. The minimum Gasteiger partial charge on any atom is -0.352 e. The molecular formula is C17H25N5O. The molecule has 6 nitrogen and oxygen atoms in total. The maximum atomic E-state index is 11.7. The zero-order valence-corrected chi connectivity index (χ0v) is 13.6. The normalized spacial score (nSPS) is 28.5. The van der Waals surface area contributed by atoms with Gasteiger partial charge in [-0.1, -0.05) is 0 Å². The minimum atomic E-state index is 0.220. The van der Waals surface area contributed by atoms with Crippen LogP contribution in [0.1, 0.15) is 44.2 Å². The zero-order chi connectivity index (χ0) is 15.6. The molecule has 2 atom stereocenters. The van der Waals surface area contributed by atoms with Gasteiger partial charge in [-0.05, 0) is 38.2 Å². The van der Waals surface area contributed by atoms with Crippen molar-refractivity contribution in [1.82, 2.24) is 20.2 Å². The Hall–Kier alpha value is -1.69. The Labute approximate surface area is 137 Å². The fourth-order valence-electron chi connectivity index (χ4n) is 4.17. The summed E-state index contributed by atoms with van der Waals surface area (Å²) in [5.74, 6) is 1.10. The molecule has 1 aromatic heterocycles. The predicted molar refractivity (Wildman–Crippen MR) is 88.1 cm³/mol. The van der Waals surface area contributed by atoms with Crippen molar-refractivity contribution in [3.05, 3.63) is 18.0 Å². The molecule has 0 aromatic carbocycles. The van der Waals surface area contributed by atoms with Gasteiger partial charge in [-0.25, -0.2) is 9.97 Å². The van der Waals surface area contributed by atoms with E-state index in [4.69, 9.17) is 4.98 Å². The van der Waals surface area contributed by atoms with Gasteiger partial charge in [-0.3, -0.25) is 9.69 Å². The van der Waals surface area contributed by atoms with Crippen molar-refractivity contribution < 1.29 is 4.79 Å². The van der Waals surface area contributed by atoms with Crippen LogP contribution in [-0.4, -0.2) is 52.5 Å². The third-order valence-corrected chi connectivity index (χ3v) is 5.37. The van der Waals surface area contributed by atoms with Gasteiger partial charge in [0.15, 0.2) is 0 Å². The lowest BCUT2D eigenvalue weighted by atomic mass is 10.1. The molecule has 0 saturated carbocycles. The van der Waals surface area contributed by atoms with Crippen LogP contribution in [0.4, 0.5) is 5.95 Å². The number of nitrogens with zero attached hydrogens (tertiary/aromatic N) is 4. The lowest BCUT2D eigenvalue weighted by molar-refractivity contribution is -0.121. The zero-order valence-electron chi connectivity index (χ0n) is 13.6. The molecule has 1 N–H and O–H groups in total. The van der Waals surface area contributed by atoms with E-state index < -0.39 is 0 Å². The molecule has 0 bridgehead atoms. The number of fused-ring (bicyclic) bond motifs is 1. The van der Waals surface area contributed by atoms with Crippen LogP contribution in [0.25, 0.3) is 0 Å². The standard InChI is InChI=1S/C17H25N5O/c23-16-5-3-4-15-14(20-16)7-11-22(15)12-13-6-8-18-17(19-13)21-9-1-2-10-21/h6,8,14-15H,1-5,7,9-12H2,(H,20,23)/t14-,15-/m1/s1. The second-order valence-corrected chi connectivity index (χ2v) is 6.93. The summed E-state index contributed by atoms with van der Waals surface area (Å²) in [4.78, 5) is 25.7. The Kier molecular flexibility index (Phi) is 4.16. The molecule has 3 aliphatic rings. The van der Waals surface area contributed by atoms with E-state index >= 15 is 0 Å². The smallest absolute Gasteiger partial charge is 0.225 e. The number of hydrogen-bond donors (Lipinski definition) is 1. The maximum absolute atomic E-state index is 11.7. The highest BCUT2D eigenvalue weighted by atomic mass is 16.1. The average Bonchev–Trinajstić information content (AvgIpc) is 3.16. The molecule has 4 heterocycles. The van der Waals surface area contributed by atoms with Gasteiger partial charge in [0.2, 0.25) is 11.9 Å². The quantitative estimate of drug-likeness (QED) is 0.911. The van der Waals surface area contributed by atoms with Crippen molar-refractivity contribution >= 4 is 11.9 Å². The van der Waals surface area contributed by atoms with Crippen LogP contribution >= 0.6 is 0 Å². The van der Waals surface area contributed by atoms with Crippen LogP contribution in [0.2, 0.25) is 0 Å². The monoisotopic (exact) mass is 315 g/mol. The van der Waals surface area contributed by atoms with E-state index in [1.54, 1.807) is 0 Å². The molecule has 3 aliphatic heterocycles.